The Kier molecular flexibility index (Phi) is 2.47. The fraction of sp³-hybridized carbons (Fsp3) is 0.800. The Morgan fingerprint density at radius 3 is 3.10 bits per heavy atom. The van der Waals surface area contributed by atoms with Gasteiger partial charge in [-0.1, -0.05) is 0 Å². The molecule has 5 heteroatoms. The van der Waals surface area contributed by atoms with E-state index in [0.717, 1.165) is 6.42 Å². The molecule has 1 heterocycles. The zero-order chi connectivity index (χ0) is 7.40. The van der Waals surface area contributed by atoms with Crippen LogP contribution in [-0.2, 0) is 9.47 Å². The Balaban J connectivity index is 2.17. The molecule has 1 amide bonds. The molecule has 0 bridgehead atoms. The molecule has 1 saturated heterocycles. The van der Waals surface area contributed by atoms with E-state index in [1.54, 1.807) is 0 Å². The molecule has 1 unspecified atom stereocenters. The SMILES string of the molecule is NNC(=O)OC1CCOC1. The highest BCUT2D eigenvalue weighted by Gasteiger charge is 2.18. The number of ether oxygens (including phenoxy) is 2. The molecule has 10 heavy (non-hydrogen) atoms. The highest BCUT2D eigenvalue weighted by molar-refractivity contribution is 5.66. The van der Waals surface area contributed by atoms with E-state index in [9.17, 15) is 4.79 Å². The van der Waals surface area contributed by atoms with Gasteiger partial charge in [0, 0.05) is 6.42 Å². The summed E-state index contributed by atoms with van der Waals surface area (Å²) >= 11 is 0. The van der Waals surface area contributed by atoms with Gasteiger partial charge in [0.25, 0.3) is 0 Å². The normalized spacial score (nSPS) is 24.3. The first-order chi connectivity index (χ1) is 4.83. The maximum atomic E-state index is 10.5. The van der Waals surface area contributed by atoms with Crippen molar-refractivity contribution in [1.82, 2.24) is 5.43 Å². The van der Waals surface area contributed by atoms with E-state index in [-0.39, 0.29) is 6.10 Å². The van der Waals surface area contributed by atoms with E-state index in [2.05, 4.69) is 0 Å². The van der Waals surface area contributed by atoms with Crippen molar-refractivity contribution in [2.45, 2.75) is 12.5 Å². The molecule has 0 saturated carbocycles. The van der Waals surface area contributed by atoms with Gasteiger partial charge in [-0.05, 0) is 0 Å². The Morgan fingerprint density at radius 2 is 2.60 bits per heavy atom. The van der Waals surface area contributed by atoms with Crippen LogP contribution >= 0.6 is 0 Å². The molecular formula is C5H10N2O3. The highest BCUT2D eigenvalue weighted by atomic mass is 16.6. The summed E-state index contributed by atoms with van der Waals surface area (Å²) in [7, 11) is 0. The topological polar surface area (TPSA) is 73.6 Å². The zero-order valence-electron chi connectivity index (χ0n) is 5.50. The van der Waals surface area contributed by atoms with Crippen molar-refractivity contribution in [3.05, 3.63) is 0 Å². The molecule has 0 aliphatic carbocycles. The minimum Gasteiger partial charge on any atom is -0.443 e. The second kappa shape index (κ2) is 3.38. The van der Waals surface area contributed by atoms with Gasteiger partial charge in [-0.15, -0.1) is 0 Å². The molecular weight excluding hydrogens is 136 g/mol. The average Bonchev–Trinajstić information content (AvgIpc) is 2.40. The standard InChI is InChI=1S/C5H10N2O3/c6-7-5(8)10-4-1-2-9-3-4/h4H,1-3,6H2,(H,7,8). The molecule has 0 aromatic rings. The molecule has 0 spiro atoms. The number of nitrogens with one attached hydrogen (secondary N) is 1. The first-order valence-electron chi connectivity index (χ1n) is 3.08. The van der Waals surface area contributed by atoms with Crippen LogP contribution in [-0.4, -0.2) is 25.4 Å². The first kappa shape index (κ1) is 7.30. The Bertz CT molecular complexity index is 122. The summed E-state index contributed by atoms with van der Waals surface area (Å²) in [6.07, 6.45) is 0.0343. The number of nitrogens with two attached hydrogens (primary N) is 1. The van der Waals surface area contributed by atoms with Gasteiger partial charge in [0.2, 0.25) is 0 Å². The molecule has 3 N–H and O–H groups in total. The number of hydrogen-bond acceptors (Lipinski definition) is 4. The molecule has 0 radical (unpaired) electrons. The summed E-state index contributed by atoms with van der Waals surface area (Å²) in [6.45, 7) is 1.13. The third kappa shape index (κ3) is 1.85. The van der Waals surface area contributed by atoms with Crippen LogP contribution in [0.25, 0.3) is 0 Å². The van der Waals surface area contributed by atoms with Gasteiger partial charge in [0.1, 0.15) is 6.10 Å². The fourth-order valence-corrected chi connectivity index (χ4v) is 0.791. The summed E-state index contributed by atoms with van der Waals surface area (Å²) in [6, 6.07) is 0. The van der Waals surface area contributed by atoms with Gasteiger partial charge in [-0.2, -0.15) is 0 Å². The van der Waals surface area contributed by atoms with Gasteiger partial charge in [0.15, 0.2) is 0 Å². The van der Waals surface area contributed by atoms with E-state index < -0.39 is 6.09 Å². The lowest BCUT2D eigenvalue weighted by Crippen LogP contribution is -2.34. The monoisotopic (exact) mass is 146 g/mol. The maximum Gasteiger partial charge on any atom is 0.421 e. The Labute approximate surface area is 58.4 Å². The average molecular weight is 146 g/mol. The van der Waals surface area contributed by atoms with Crippen LogP contribution in [0.2, 0.25) is 0 Å². The lowest BCUT2D eigenvalue weighted by molar-refractivity contribution is 0.0832. The smallest absolute Gasteiger partial charge is 0.421 e. The van der Waals surface area contributed by atoms with Crippen LogP contribution < -0.4 is 11.3 Å². The number of amides is 1. The third-order valence-electron chi connectivity index (χ3n) is 1.28. The van der Waals surface area contributed by atoms with Gasteiger partial charge < -0.3 is 9.47 Å². The molecule has 0 aromatic carbocycles. The van der Waals surface area contributed by atoms with E-state index in [0.29, 0.717) is 13.2 Å². The molecule has 1 atom stereocenters. The van der Waals surface area contributed by atoms with Crippen LogP contribution in [0, 0.1) is 0 Å². The third-order valence-corrected chi connectivity index (χ3v) is 1.28. The van der Waals surface area contributed by atoms with Crippen molar-refractivity contribution in [2.24, 2.45) is 5.84 Å². The largest absolute Gasteiger partial charge is 0.443 e. The molecule has 5 nitrogen and oxygen atoms in total. The molecule has 1 aliphatic rings. The van der Waals surface area contributed by atoms with E-state index >= 15 is 0 Å². The number of hydrazine groups is 1. The lowest BCUT2D eigenvalue weighted by atomic mass is 10.3. The van der Waals surface area contributed by atoms with Crippen molar-refractivity contribution < 1.29 is 14.3 Å². The number of carbonyl (C=O) groups is 1. The maximum absolute atomic E-state index is 10.5. The van der Waals surface area contributed by atoms with Crippen LogP contribution in [0.15, 0.2) is 0 Å². The lowest BCUT2D eigenvalue weighted by Gasteiger charge is -2.07. The van der Waals surface area contributed by atoms with Crippen LogP contribution in [0.3, 0.4) is 0 Å². The van der Waals surface area contributed by atoms with Crippen LogP contribution in [0.5, 0.6) is 0 Å². The molecule has 58 valence electrons. The summed E-state index contributed by atoms with van der Waals surface area (Å²) in [5.74, 6) is 4.78. The summed E-state index contributed by atoms with van der Waals surface area (Å²) < 4.78 is 9.72. The molecule has 1 rings (SSSR count). The number of hydrogen-bond donors (Lipinski definition) is 2. The predicted molar refractivity (Wildman–Crippen MR) is 33.0 cm³/mol. The van der Waals surface area contributed by atoms with Crippen LogP contribution in [0.1, 0.15) is 6.42 Å². The van der Waals surface area contributed by atoms with E-state index in [1.165, 1.54) is 0 Å². The second-order valence-corrected chi connectivity index (χ2v) is 2.04. The zero-order valence-corrected chi connectivity index (χ0v) is 5.50. The predicted octanol–water partition coefficient (Wildman–Crippen LogP) is -0.625. The summed E-state index contributed by atoms with van der Waals surface area (Å²) in [4.78, 5) is 10.5. The molecule has 0 aromatic heterocycles. The quantitative estimate of drug-likeness (QED) is 0.293. The minimum atomic E-state index is -0.601. The van der Waals surface area contributed by atoms with Gasteiger partial charge >= 0.3 is 6.09 Å². The number of rotatable bonds is 1. The Hall–Kier alpha value is -0.810. The number of carbonyl (C=O) groups excluding carboxylic acids is 1. The van der Waals surface area contributed by atoms with Gasteiger partial charge in [-0.25, -0.2) is 10.6 Å². The van der Waals surface area contributed by atoms with E-state index in [1.807, 2.05) is 5.43 Å². The van der Waals surface area contributed by atoms with Crippen molar-refractivity contribution in [2.75, 3.05) is 13.2 Å². The molecule has 1 aliphatic heterocycles. The Morgan fingerprint density at radius 1 is 1.80 bits per heavy atom. The summed E-state index contributed by atoms with van der Waals surface area (Å²) in [5, 5.41) is 0. The summed E-state index contributed by atoms with van der Waals surface area (Å²) in [5.41, 5.74) is 1.88. The highest BCUT2D eigenvalue weighted by Crippen LogP contribution is 2.07. The van der Waals surface area contributed by atoms with Crippen molar-refractivity contribution >= 4 is 6.09 Å². The van der Waals surface area contributed by atoms with Crippen molar-refractivity contribution in [1.29, 1.82) is 0 Å². The van der Waals surface area contributed by atoms with Crippen LogP contribution in [0.4, 0.5) is 4.79 Å². The fourth-order valence-electron chi connectivity index (χ4n) is 0.791. The van der Waals surface area contributed by atoms with Crippen molar-refractivity contribution in [3.63, 3.8) is 0 Å². The molecule has 1 fully saturated rings. The second-order valence-electron chi connectivity index (χ2n) is 2.04. The van der Waals surface area contributed by atoms with Gasteiger partial charge in [0.05, 0.1) is 13.2 Å². The first-order valence-corrected chi connectivity index (χ1v) is 3.08. The van der Waals surface area contributed by atoms with Crippen molar-refractivity contribution in [3.8, 4) is 0 Å². The minimum absolute atomic E-state index is 0.122. The van der Waals surface area contributed by atoms with Gasteiger partial charge in [-0.3, -0.25) is 5.43 Å². The van der Waals surface area contributed by atoms with E-state index in [4.69, 9.17) is 15.3 Å².